The molecule has 0 unspecified atom stereocenters. The molecule has 6 heteroatoms. The third-order valence-electron chi connectivity index (χ3n) is 5.77. The minimum Gasteiger partial charge on any atom is -0.343 e. The summed E-state index contributed by atoms with van der Waals surface area (Å²) in [5, 5.41) is 3.20. The number of nitrogens with zero attached hydrogens (tertiary/aromatic N) is 4. The lowest BCUT2D eigenvalue weighted by atomic mass is 10.1. The molecule has 31 heavy (non-hydrogen) atoms. The minimum absolute atomic E-state index is 0.0997. The van der Waals surface area contributed by atoms with Gasteiger partial charge in [0.05, 0.1) is 0 Å². The summed E-state index contributed by atoms with van der Waals surface area (Å²) >= 11 is 1.45. The summed E-state index contributed by atoms with van der Waals surface area (Å²) in [5.41, 5.74) is 3.23. The van der Waals surface area contributed by atoms with Crippen LogP contribution in [-0.2, 0) is 6.42 Å². The fourth-order valence-electron chi connectivity index (χ4n) is 3.94. The Morgan fingerprint density at radius 2 is 1.68 bits per heavy atom. The molecule has 1 saturated heterocycles. The van der Waals surface area contributed by atoms with Crippen LogP contribution >= 0.6 is 11.5 Å². The predicted octanol–water partition coefficient (Wildman–Crippen LogP) is 4.55. The molecule has 5 nitrogen and oxygen atoms in total. The second-order valence-corrected chi connectivity index (χ2v) is 8.73. The molecule has 4 aromatic rings. The van der Waals surface area contributed by atoms with Gasteiger partial charge in [-0.05, 0) is 35.4 Å². The fourth-order valence-corrected chi connectivity index (χ4v) is 4.68. The van der Waals surface area contributed by atoms with E-state index in [4.69, 9.17) is 4.98 Å². The molecular formula is C25H24N4OS. The summed E-state index contributed by atoms with van der Waals surface area (Å²) in [6, 6.07) is 22.6. The van der Waals surface area contributed by atoms with Gasteiger partial charge in [0.2, 0.25) is 5.13 Å². The number of hydrogen-bond donors (Lipinski definition) is 0. The van der Waals surface area contributed by atoms with Crippen LogP contribution in [0.4, 0.5) is 5.13 Å². The van der Waals surface area contributed by atoms with Crippen molar-refractivity contribution in [2.75, 3.05) is 31.1 Å². The molecule has 5 rings (SSSR count). The molecule has 1 amide bonds. The van der Waals surface area contributed by atoms with Crippen molar-refractivity contribution in [2.45, 2.75) is 13.3 Å². The highest BCUT2D eigenvalue weighted by Crippen LogP contribution is 2.22. The second-order valence-electron chi connectivity index (χ2n) is 8.00. The Kier molecular flexibility index (Phi) is 5.38. The first-order valence-electron chi connectivity index (χ1n) is 10.6. The fraction of sp³-hybridized carbons (Fsp3) is 0.240. The topological polar surface area (TPSA) is 49.3 Å². The monoisotopic (exact) mass is 428 g/mol. The van der Waals surface area contributed by atoms with Gasteiger partial charge in [-0.2, -0.15) is 4.37 Å². The molecule has 3 aromatic carbocycles. The smallest absolute Gasteiger partial charge is 0.253 e. The lowest BCUT2D eigenvalue weighted by Crippen LogP contribution is -2.48. The number of hydrogen-bond acceptors (Lipinski definition) is 5. The van der Waals surface area contributed by atoms with E-state index in [0.29, 0.717) is 13.1 Å². The first-order valence-corrected chi connectivity index (χ1v) is 11.3. The van der Waals surface area contributed by atoms with Gasteiger partial charge >= 0.3 is 0 Å². The quantitative estimate of drug-likeness (QED) is 0.478. The Bertz CT molecular complexity index is 1210. The Hall–Kier alpha value is -3.25. The highest BCUT2D eigenvalue weighted by Gasteiger charge is 2.24. The molecule has 0 aliphatic carbocycles. The summed E-state index contributed by atoms with van der Waals surface area (Å²) in [4.78, 5) is 21.9. The molecule has 0 atom stereocenters. The molecule has 0 N–H and O–H groups in total. The van der Waals surface area contributed by atoms with Crippen molar-refractivity contribution in [3.63, 3.8) is 0 Å². The van der Waals surface area contributed by atoms with Gasteiger partial charge in [0.1, 0.15) is 5.82 Å². The predicted molar refractivity (Wildman–Crippen MR) is 126 cm³/mol. The molecular weight excluding hydrogens is 404 g/mol. The van der Waals surface area contributed by atoms with Crippen molar-refractivity contribution in [1.82, 2.24) is 14.3 Å². The Labute approximate surface area is 186 Å². The second kappa shape index (κ2) is 8.47. The largest absolute Gasteiger partial charge is 0.343 e. The highest BCUT2D eigenvalue weighted by atomic mass is 32.1. The molecule has 0 radical (unpaired) electrons. The highest BCUT2D eigenvalue weighted by molar-refractivity contribution is 7.09. The van der Waals surface area contributed by atoms with Crippen molar-refractivity contribution >= 4 is 33.3 Å². The summed E-state index contributed by atoms with van der Waals surface area (Å²) in [5.74, 6) is 0.959. The average molecular weight is 429 g/mol. The van der Waals surface area contributed by atoms with Crippen molar-refractivity contribution < 1.29 is 4.79 Å². The van der Waals surface area contributed by atoms with Crippen LogP contribution in [0.1, 0.15) is 27.3 Å². The first kappa shape index (κ1) is 19.7. The normalized spacial score (nSPS) is 14.2. The van der Waals surface area contributed by atoms with Gasteiger partial charge in [0, 0.05) is 49.7 Å². The van der Waals surface area contributed by atoms with Gasteiger partial charge in [-0.3, -0.25) is 4.79 Å². The van der Waals surface area contributed by atoms with E-state index < -0.39 is 0 Å². The van der Waals surface area contributed by atoms with Gasteiger partial charge in [-0.1, -0.05) is 60.2 Å². The van der Waals surface area contributed by atoms with Gasteiger partial charge in [-0.15, -0.1) is 0 Å². The molecule has 0 saturated carbocycles. The zero-order chi connectivity index (χ0) is 21.2. The third-order valence-corrected chi connectivity index (χ3v) is 6.59. The summed E-state index contributed by atoms with van der Waals surface area (Å²) < 4.78 is 4.55. The molecule has 1 fully saturated rings. The van der Waals surface area contributed by atoms with E-state index in [1.807, 2.05) is 41.3 Å². The van der Waals surface area contributed by atoms with Crippen LogP contribution in [0.3, 0.4) is 0 Å². The van der Waals surface area contributed by atoms with E-state index in [9.17, 15) is 4.79 Å². The van der Waals surface area contributed by atoms with Crippen LogP contribution in [0.5, 0.6) is 0 Å². The van der Waals surface area contributed by atoms with Gasteiger partial charge in [0.15, 0.2) is 0 Å². The van der Waals surface area contributed by atoms with Crippen LogP contribution in [0.25, 0.3) is 10.8 Å². The Morgan fingerprint density at radius 3 is 2.45 bits per heavy atom. The Balaban J connectivity index is 1.21. The van der Waals surface area contributed by atoms with Gasteiger partial charge < -0.3 is 9.80 Å². The number of amides is 1. The van der Waals surface area contributed by atoms with Crippen LogP contribution in [0.2, 0.25) is 0 Å². The maximum atomic E-state index is 13.0. The number of aromatic nitrogens is 2. The van der Waals surface area contributed by atoms with E-state index in [0.717, 1.165) is 46.8 Å². The molecule has 156 valence electrons. The van der Waals surface area contributed by atoms with E-state index >= 15 is 0 Å². The van der Waals surface area contributed by atoms with Crippen molar-refractivity contribution in [3.8, 4) is 0 Å². The lowest BCUT2D eigenvalue weighted by molar-refractivity contribution is 0.0747. The lowest BCUT2D eigenvalue weighted by Gasteiger charge is -2.34. The molecule has 2 heterocycles. The summed E-state index contributed by atoms with van der Waals surface area (Å²) in [6.07, 6.45) is 0.747. The van der Waals surface area contributed by atoms with Gasteiger partial charge in [-0.25, -0.2) is 4.98 Å². The number of anilines is 1. The van der Waals surface area contributed by atoms with E-state index in [1.165, 1.54) is 22.7 Å². The van der Waals surface area contributed by atoms with E-state index in [1.54, 1.807) is 0 Å². The van der Waals surface area contributed by atoms with Crippen molar-refractivity contribution in [2.24, 2.45) is 0 Å². The van der Waals surface area contributed by atoms with Crippen LogP contribution in [-0.4, -0.2) is 46.3 Å². The summed E-state index contributed by atoms with van der Waals surface area (Å²) in [6.45, 7) is 5.03. The van der Waals surface area contributed by atoms with Crippen LogP contribution in [0.15, 0.2) is 66.7 Å². The maximum Gasteiger partial charge on any atom is 0.253 e. The Morgan fingerprint density at radius 1 is 0.935 bits per heavy atom. The SMILES string of the molecule is Cc1ccc(Cc2nsc(N3CCN(C(=O)c4ccc5ccccc5c4)CC3)n2)cc1. The van der Waals surface area contributed by atoms with Crippen molar-refractivity contribution in [3.05, 3.63) is 89.2 Å². The number of rotatable bonds is 4. The molecule has 1 aromatic heterocycles. The van der Waals surface area contributed by atoms with Crippen molar-refractivity contribution in [1.29, 1.82) is 0 Å². The average Bonchev–Trinajstić information content (AvgIpc) is 3.28. The zero-order valence-electron chi connectivity index (χ0n) is 17.5. The number of piperazine rings is 1. The zero-order valence-corrected chi connectivity index (χ0v) is 18.3. The third kappa shape index (κ3) is 4.30. The standard InChI is InChI=1S/C25H24N4OS/c1-18-6-8-19(9-7-18)16-23-26-25(31-27-23)29-14-12-28(13-15-29)24(30)22-11-10-20-4-2-3-5-21(20)17-22/h2-11,17H,12-16H2,1H3. The molecule has 1 aliphatic rings. The van der Waals surface area contributed by atoms with Gasteiger partial charge in [0.25, 0.3) is 5.91 Å². The molecule has 1 aliphatic heterocycles. The molecule has 0 bridgehead atoms. The minimum atomic E-state index is 0.0997. The number of aryl methyl sites for hydroxylation is 1. The molecule has 0 spiro atoms. The number of fused-ring (bicyclic) bond motifs is 1. The first-order chi connectivity index (χ1) is 15.2. The van der Waals surface area contributed by atoms with E-state index in [2.05, 4.69) is 46.5 Å². The summed E-state index contributed by atoms with van der Waals surface area (Å²) in [7, 11) is 0. The van der Waals surface area contributed by atoms with Crippen LogP contribution < -0.4 is 4.90 Å². The van der Waals surface area contributed by atoms with E-state index in [-0.39, 0.29) is 5.91 Å². The number of carbonyl (C=O) groups excluding carboxylic acids is 1. The maximum absolute atomic E-state index is 13.0. The van der Waals surface area contributed by atoms with Crippen LogP contribution in [0, 0.1) is 6.92 Å². The number of carbonyl (C=O) groups is 1. The number of benzene rings is 3.